The number of carbonyl (C=O) groups is 3. The van der Waals surface area contributed by atoms with Crippen LogP contribution in [-0.4, -0.2) is 52.4 Å². The molecule has 2 aliphatic heterocycles. The molecule has 2 atom stereocenters. The van der Waals surface area contributed by atoms with E-state index in [9.17, 15) is 18.8 Å². The molecule has 8 heteroatoms. The number of imide groups is 1. The second-order valence-corrected chi connectivity index (χ2v) is 9.02. The lowest BCUT2D eigenvalue weighted by Crippen LogP contribution is -2.51. The number of benzene rings is 2. The summed E-state index contributed by atoms with van der Waals surface area (Å²) in [4.78, 5) is 40.1. The Labute approximate surface area is 192 Å². The van der Waals surface area contributed by atoms with Gasteiger partial charge in [-0.05, 0) is 68.8 Å². The summed E-state index contributed by atoms with van der Waals surface area (Å²) >= 11 is 0. The molecule has 2 aromatic carbocycles. The van der Waals surface area contributed by atoms with Crippen LogP contribution in [0.3, 0.4) is 0 Å². The lowest BCUT2D eigenvalue weighted by Gasteiger charge is -2.25. The fourth-order valence-corrected chi connectivity index (χ4v) is 4.61. The summed E-state index contributed by atoms with van der Waals surface area (Å²) in [5.41, 5.74) is 3.36. The normalized spacial score (nSPS) is 23.1. The van der Waals surface area contributed by atoms with E-state index in [2.05, 4.69) is 10.7 Å². The van der Waals surface area contributed by atoms with Gasteiger partial charge in [0, 0.05) is 6.04 Å². The van der Waals surface area contributed by atoms with Crippen LogP contribution in [0.1, 0.15) is 37.3 Å². The van der Waals surface area contributed by atoms with Crippen molar-refractivity contribution in [3.8, 4) is 0 Å². The number of urea groups is 1. The molecule has 0 aromatic heterocycles. The van der Waals surface area contributed by atoms with Crippen molar-refractivity contribution in [3.63, 3.8) is 0 Å². The Morgan fingerprint density at radius 3 is 2.67 bits per heavy atom. The maximum Gasteiger partial charge on any atom is 0.344 e. The largest absolute Gasteiger partial charge is 0.344 e. The summed E-state index contributed by atoms with van der Waals surface area (Å²) in [6.07, 6.45) is 3.54. The molecule has 33 heavy (non-hydrogen) atoms. The van der Waals surface area contributed by atoms with Gasteiger partial charge in [-0.2, -0.15) is 5.01 Å². The molecule has 2 aromatic rings. The minimum absolute atomic E-state index is 0.0672. The molecule has 2 N–H and O–H groups in total. The zero-order valence-corrected chi connectivity index (χ0v) is 18.7. The van der Waals surface area contributed by atoms with E-state index >= 15 is 0 Å². The summed E-state index contributed by atoms with van der Waals surface area (Å²) in [5, 5.41) is 3.52. The first-order chi connectivity index (χ1) is 15.8. The van der Waals surface area contributed by atoms with Gasteiger partial charge in [-0.1, -0.05) is 42.5 Å². The van der Waals surface area contributed by atoms with Gasteiger partial charge in [0.1, 0.15) is 11.4 Å². The van der Waals surface area contributed by atoms with Gasteiger partial charge >= 0.3 is 6.03 Å². The van der Waals surface area contributed by atoms with Gasteiger partial charge in [0.2, 0.25) is 0 Å². The standard InChI is InChI=1S/C25H29FN4O3/c1-25(13-12-18-7-3-2-4-8-18)23(32)30(24(33)27-25)28-22(31)17-29-14-6-11-21(29)16-19-9-5-10-20(26)15-19/h2-5,7-10,15,21H,6,11-14,16-17H2,1H3,(H,27,33)(H,28,31). The predicted octanol–water partition coefficient (Wildman–Crippen LogP) is 2.81. The van der Waals surface area contributed by atoms with Crippen LogP contribution in [-0.2, 0) is 22.4 Å². The molecule has 7 nitrogen and oxygen atoms in total. The molecule has 174 valence electrons. The molecule has 0 radical (unpaired) electrons. The van der Waals surface area contributed by atoms with Crippen LogP contribution in [0.15, 0.2) is 54.6 Å². The van der Waals surface area contributed by atoms with E-state index in [1.54, 1.807) is 13.0 Å². The molecule has 0 spiro atoms. The number of halogens is 1. The van der Waals surface area contributed by atoms with Crippen molar-refractivity contribution in [1.82, 2.24) is 20.7 Å². The van der Waals surface area contributed by atoms with E-state index in [0.29, 0.717) is 19.3 Å². The first kappa shape index (κ1) is 22.9. The zero-order chi connectivity index (χ0) is 23.4. The summed E-state index contributed by atoms with van der Waals surface area (Å²) in [5.74, 6) is -1.16. The number of likely N-dealkylation sites (tertiary alicyclic amines) is 1. The lowest BCUT2D eigenvalue weighted by atomic mass is 9.93. The quantitative estimate of drug-likeness (QED) is 0.604. The lowest BCUT2D eigenvalue weighted by molar-refractivity contribution is -0.139. The maximum absolute atomic E-state index is 13.5. The fraction of sp³-hybridized carbons (Fsp3) is 0.400. The van der Waals surface area contributed by atoms with Crippen LogP contribution in [0.25, 0.3) is 0 Å². The van der Waals surface area contributed by atoms with E-state index in [4.69, 9.17) is 0 Å². The maximum atomic E-state index is 13.5. The highest BCUT2D eigenvalue weighted by Crippen LogP contribution is 2.23. The van der Waals surface area contributed by atoms with Crippen molar-refractivity contribution >= 4 is 17.8 Å². The zero-order valence-electron chi connectivity index (χ0n) is 18.7. The fourth-order valence-electron chi connectivity index (χ4n) is 4.61. The number of nitrogens with zero attached hydrogens (tertiary/aromatic N) is 2. The van der Waals surface area contributed by atoms with Crippen LogP contribution in [0.4, 0.5) is 9.18 Å². The number of hydrazine groups is 1. The Hall–Kier alpha value is -3.26. The third kappa shape index (κ3) is 5.39. The van der Waals surface area contributed by atoms with Gasteiger partial charge in [0.15, 0.2) is 0 Å². The topological polar surface area (TPSA) is 81.8 Å². The minimum Gasteiger partial charge on any atom is -0.322 e. The molecule has 4 amide bonds. The van der Waals surface area contributed by atoms with Gasteiger partial charge in [0.25, 0.3) is 11.8 Å². The second-order valence-electron chi connectivity index (χ2n) is 9.02. The average molecular weight is 453 g/mol. The first-order valence-electron chi connectivity index (χ1n) is 11.3. The second kappa shape index (κ2) is 9.70. The van der Waals surface area contributed by atoms with E-state index in [0.717, 1.165) is 35.5 Å². The first-order valence-corrected chi connectivity index (χ1v) is 11.3. The smallest absolute Gasteiger partial charge is 0.322 e. The Balaban J connectivity index is 1.33. The number of amides is 4. The molecule has 2 heterocycles. The highest BCUT2D eigenvalue weighted by Gasteiger charge is 2.48. The van der Waals surface area contributed by atoms with Crippen molar-refractivity contribution in [2.24, 2.45) is 0 Å². The van der Waals surface area contributed by atoms with Gasteiger partial charge in [-0.15, -0.1) is 0 Å². The van der Waals surface area contributed by atoms with E-state index in [1.165, 1.54) is 12.1 Å². The van der Waals surface area contributed by atoms with Crippen LogP contribution in [0, 0.1) is 5.82 Å². The van der Waals surface area contributed by atoms with Gasteiger partial charge in [-0.3, -0.25) is 19.9 Å². The number of hydrogen-bond acceptors (Lipinski definition) is 4. The summed E-state index contributed by atoms with van der Waals surface area (Å²) < 4.78 is 13.5. The van der Waals surface area contributed by atoms with E-state index in [-0.39, 0.29) is 18.4 Å². The summed E-state index contributed by atoms with van der Waals surface area (Å²) in [6, 6.07) is 15.7. The van der Waals surface area contributed by atoms with Crippen molar-refractivity contribution in [2.45, 2.75) is 50.6 Å². The van der Waals surface area contributed by atoms with Gasteiger partial charge in [0.05, 0.1) is 6.54 Å². The van der Waals surface area contributed by atoms with Crippen molar-refractivity contribution < 1.29 is 18.8 Å². The highest BCUT2D eigenvalue weighted by molar-refractivity contribution is 6.07. The molecule has 2 saturated heterocycles. The SMILES string of the molecule is CC1(CCc2ccccc2)NC(=O)N(NC(=O)CN2CCCC2Cc2cccc(F)c2)C1=O. The Bertz CT molecular complexity index is 1030. The molecular formula is C25H29FN4O3. The minimum atomic E-state index is -1.08. The predicted molar refractivity (Wildman–Crippen MR) is 121 cm³/mol. The van der Waals surface area contributed by atoms with Crippen molar-refractivity contribution in [2.75, 3.05) is 13.1 Å². The molecule has 4 rings (SSSR count). The van der Waals surface area contributed by atoms with Gasteiger partial charge in [-0.25, -0.2) is 9.18 Å². The molecule has 0 bridgehead atoms. The van der Waals surface area contributed by atoms with Crippen LogP contribution in [0.5, 0.6) is 0 Å². The number of hydrogen-bond donors (Lipinski definition) is 2. The number of nitrogens with one attached hydrogen (secondary N) is 2. The average Bonchev–Trinajstić information content (AvgIpc) is 3.30. The van der Waals surface area contributed by atoms with E-state index < -0.39 is 23.4 Å². The van der Waals surface area contributed by atoms with Crippen molar-refractivity contribution in [3.05, 3.63) is 71.5 Å². The highest BCUT2D eigenvalue weighted by atomic mass is 19.1. The molecule has 0 saturated carbocycles. The van der Waals surface area contributed by atoms with Crippen molar-refractivity contribution in [1.29, 1.82) is 0 Å². The molecule has 0 aliphatic carbocycles. The third-order valence-electron chi connectivity index (χ3n) is 6.46. The summed E-state index contributed by atoms with van der Waals surface area (Å²) in [6.45, 7) is 2.48. The van der Waals surface area contributed by atoms with Crippen LogP contribution >= 0.6 is 0 Å². The monoisotopic (exact) mass is 452 g/mol. The summed E-state index contributed by atoms with van der Waals surface area (Å²) in [7, 11) is 0. The molecule has 2 aliphatic rings. The van der Waals surface area contributed by atoms with E-state index in [1.807, 2.05) is 41.3 Å². The Kier molecular flexibility index (Phi) is 6.74. The molecule has 2 unspecified atom stereocenters. The Morgan fingerprint density at radius 1 is 1.15 bits per heavy atom. The van der Waals surface area contributed by atoms with Gasteiger partial charge < -0.3 is 5.32 Å². The molecular weight excluding hydrogens is 423 g/mol. The molecule has 2 fully saturated rings. The van der Waals surface area contributed by atoms with Crippen LogP contribution < -0.4 is 10.7 Å². The third-order valence-corrected chi connectivity index (χ3v) is 6.46. The van der Waals surface area contributed by atoms with Crippen LogP contribution in [0.2, 0.25) is 0 Å². The number of aryl methyl sites for hydroxylation is 1. The number of carbonyl (C=O) groups excluding carboxylic acids is 3. The number of rotatable bonds is 8. The Morgan fingerprint density at radius 2 is 1.91 bits per heavy atom.